The summed E-state index contributed by atoms with van der Waals surface area (Å²) >= 11 is 1.33. The number of aromatic nitrogens is 1. The van der Waals surface area contributed by atoms with Gasteiger partial charge < -0.3 is 5.11 Å². The molecule has 0 saturated carbocycles. The van der Waals surface area contributed by atoms with Crippen molar-refractivity contribution < 1.29 is 5.11 Å². The normalized spacial score (nSPS) is 11.1. The summed E-state index contributed by atoms with van der Waals surface area (Å²) in [6, 6.07) is 7.95. The molecular weight excluding hydrogens is 194 g/mol. The molecule has 14 heavy (non-hydrogen) atoms. The van der Waals surface area contributed by atoms with E-state index < -0.39 is 0 Å². The van der Waals surface area contributed by atoms with E-state index in [0.717, 1.165) is 21.7 Å². The lowest BCUT2D eigenvalue weighted by molar-refractivity contribution is 0.497. The van der Waals surface area contributed by atoms with E-state index in [0.29, 0.717) is 5.06 Å². The van der Waals surface area contributed by atoms with Gasteiger partial charge in [0.1, 0.15) is 0 Å². The number of hydrogen-bond acceptors (Lipinski definition) is 3. The van der Waals surface area contributed by atoms with E-state index in [9.17, 15) is 5.11 Å². The third kappa shape index (κ3) is 0.930. The molecule has 0 amide bonds. The van der Waals surface area contributed by atoms with Gasteiger partial charge in [-0.1, -0.05) is 24.3 Å². The molecular formula is C11H7NOS. The van der Waals surface area contributed by atoms with Crippen LogP contribution in [0.4, 0.5) is 0 Å². The van der Waals surface area contributed by atoms with Crippen molar-refractivity contribution in [3.05, 3.63) is 35.8 Å². The molecule has 0 spiro atoms. The molecule has 0 fully saturated rings. The lowest BCUT2D eigenvalue weighted by atomic mass is 10.1. The fourth-order valence-electron chi connectivity index (χ4n) is 1.66. The molecule has 0 aliphatic carbocycles. The molecule has 0 unspecified atom stereocenters. The van der Waals surface area contributed by atoms with Gasteiger partial charge in [-0.3, -0.25) is 4.98 Å². The monoisotopic (exact) mass is 201 g/mol. The van der Waals surface area contributed by atoms with Gasteiger partial charge >= 0.3 is 0 Å². The predicted octanol–water partition coefficient (Wildman–Crippen LogP) is 3.16. The van der Waals surface area contributed by atoms with Gasteiger partial charge in [-0.25, -0.2) is 0 Å². The van der Waals surface area contributed by atoms with Crippen molar-refractivity contribution in [2.75, 3.05) is 0 Å². The largest absolute Gasteiger partial charge is 0.499 e. The molecule has 3 heteroatoms. The Bertz CT molecular complexity index is 615. The van der Waals surface area contributed by atoms with Crippen LogP contribution in [0.1, 0.15) is 0 Å². The molecule has 68 valence electrons. The van der Waals surface area contributed by atoms with Gasteiger partial charge in [0.2, 0.25) is 0 Å². The molecule has 0 aliphatic rings. The predicted molar refractivity (Wildman–Crippen MR) is 58.8 cm³/mol. The minimum Gasteiger partial charge on any atom is -0.499 e. The van der Waals surface area contributed by atoms with Gasteiger partial charge in [0.05, 0.1) is 10.9 Å². The van der Waals surface area contributed by atoms with Crippen LogP contribution in [-0.4, -0.2) is 10.1 Å². The number of thiophene rings is 1. The summed E-state index contributed by atoms with van der Waals surface area (Å²) in [5.41, 5.74) is 0.867. The van der Waals surface area contributed by atoms with E-state index in [4.69, 9.17) is 0 Å². The Morgan fingerprint density at radius 3 is 3.00 bits per heavy atom. The average Bonchev–Trinajstić information content (AvgIpc) is 2.61. The van der Waals surface area contributed by atoms with Gasteiger partial charge in [-0.2, -0.15) is 0 Å². The third-order valence-corrected chi connectivity index (χ3v) is 3.09. The van der Waals surface area contributed by atoms with Crippen molar-refractivity contribution >= 4 is 33.0 Å². The van der Waals surface area contributed by atoms with Crippen LogP contribution >= 0.6 is 11.3 Å². The van der Waals surface area contributed by atoms with Gasteiger partial charge in [-0.05, 0) is 5.39 Å². The molecule has 3 aromatic rings. The minimum absolute atomic E-state index is 0.351. The first kappa shape index (κ1) is 7.76. The quantitative estimate of drug-likeness (QED) is 0.606. The number of benzene rings is 1. The summed E-state index contributed by atoms with van der Waals surface area (Å²) in [5.74, 6) is 0. The Morgan fingerprint density at radius 1 is 1.21 bits per heavy atom. The van der Waals surface area contributed by atoms with Gasteiger partial charge in [0.25, 0.3) is 0 Å². The molecule has 2 nitrogen and oxygen atoms in total. The van der Waals surface area contributed by atoms with E-state index >= 15 is 0 Å². The SMILES string of the molecule is Oc1scc2ncc3ccccc3c12. The van der Waals surface area contributed by atoms with Gasteiger partial charge in [0.15, 0.2) is 5.06 Å². The zero-order valence-corrected chi connectivity index (χ0v) is 8.08. The first-order valence-corrected chi connectivity index (χ1v) is 5.18. The molecule has 3 rings (SSSR count). The van der Waals surface area contributed by atoms with Gasteiger partial charge in [-0.15, -0.1) is 11.3 Å². The van der Waals surface area contributed by atoms with Crippen molar-refractivity contribution in [2.45, 2.75) is 0 Å². The highest BCUT2D eigenvalue weighted by atomic mass is 32.1. The summed E-state index contributed by atoms with van der Waals surface area (Å²) in [4.78, 5) is 4.28. The number of fused-ring (bicyclic) bond motifs is 3. The molecule has 1 N–H and O–H groups in total. The number of aromatic hydroxyl groups is 1. The maximum Gasteiger partial charge on any atom is 0.181 e. The molecule has 2 aromatic heterocycles. The van der Waals surface area contributed by atoms with E-state index in [1.807, 2.05) is 35.8 Å². The number of rotatable bonds is 0. The van der Waals surface area contributed by atoms with Crippen molar-refractivity contribution in [1.29, 1.82) is 0 Å². The number of hydrogen-bond donors (Lipinski definition) is 1. The Morgan fingerprint density at radius 2 is 2.07 bits per heavy atom. The first-order chi connectivity index (χ1) is 6.86. The van der Waals surface area contributed by atoms with Crippen molar-refractivity contribution in [2.24, 2.45) is 0 Å². The van der Waals surface area contributed by atoms with Crippen LogP contribution in [0.5, 0.6) is 5.06 Å². The molecule has 0 aliphatic heterocycles. The van der Waals surface area contributed by atoms with Crippen LogP contribution in [0, 0.1) is 0 Å². The summed E-state index contributed by atoms with van der Waals surface area (Å²) in [6.07, 6.45) is 1.84. The topological polar surface area (TPSA) is 33.1 Å². The van der Waals surface area contributed by atoms with Crippen LogP contribution in [0.2, 0.25) is 0 Å². The second-order valence-electron chi connectivity index (χ2n) is 3.15. The van der Waals surface area contributed by atoms with E-state index in [1.165, 1.54) is 11.3 Å². The van der Waals surface area contributed by atoms with Crippen LogP contribution < -0.4 is 0 Å². The lowest BCUT2D eigenvalue weighted by Gasteiger charge is -1.98. The van der Waals surface area contributed by atoms with Gasteiger partial charge in [0, 0.05) is 17.0 Å². The Balaban J connectivity index is 2.65. The van der Waals surface area contributed by atoms with Crippen LogP contribution in [0.3, 0.4) is 0 Å². The smallest absolute Gasteiger partial charge is 0.181 e. The highest BCUT2D eigenvalue weighted by Crippen LogP contribution is 2.35. The molecule has 1 aromatic carbocycles. The summed E-state index contributed by atoms with van der Waals surface area (Å²) in [7, 11) is 0. The second kappa shape index (κ2) is 2.69. The molecule has 0 saturated heterocycles. The van der Waals surface area contributed by atoms with E-state index in [1.54, 1.807) is 0 Å². The van der Waals surface area contributed by atoms with Crippen LogP contribution in [0.15, 0.2) is 35.8 Å². The van der Waals surface area contributed by atoms with Crippen LogP contribution in [-0.2, 0) is 0 Å². The second-order valence-corrected chi connectivity index (χ2v) is 4.00. The lowest BCUT2D eigenvalue weighted by Crippen LogP contribution is -1.77. The number of nitrogens with zero attached hydrogens (tertiary/aromatic N) is 1. The fraction of sp³-hybridized carbons (Fsp3) is 0. The summed E-state index contributed by atoms with van der Waals surface area (Å²) < 4.78 is 0. The Hall–Kier alpha value is -1.61. The molecule has 0 bridgehead atoms. The van der Waals surface area contributed by atoms with Crippen LogP contribution in [0.25, 0.3) is 21.7 Å². The molecule has 0 radical (unpaired) electrons. The molecule has 0 atom stereocenters. The Kier molecular flexibility index (Phi) is 1.49. The maximum atomic E-state index is 9.69. The zero-order valence-electron chi connectivity index (χ0n) is 7.27. The summed E-state index contributed by atoms with van der Waals surface area (Å²) in [5, 5.41) is 14.9. The first-order valence-electron chi connectivity index (χ1n) is 4.30. The standard InChI is InChI=1S/C11H7NOS/c13-11-10-8-4-2-1-3-7(8)5-12-9(10)6-14-11/h1-6,13H. The third-order valence-electron chi connectivity index (χ3n) is 2.33. The number of pyridine rings is 1. The van der Waals surface area contributed by atoms with Crippen molar-refractivity contribution in [3.63, 3.8) is 0 Å². The van der Waals surface area contributed by atoms with Crippen molar-refractivity contribution in [1.82, 2.24) is 4.98 Å². The van der Waals surface area contributed by atoms with E-state index in [2.05, 4.69) is 4.98 Å². The van der Waals surface area contributed by atoms with E-state index in [-0.39, 0.29) is 0 Å². The van der Waals surface area contributed by atoms with Crippen molar-refractivity contribution in [3.8, 4) is 5.06 Å². The Labute approximate surface area is 84.4 Å². The zero-order chi connectivity index (χ0) is 9.54. The average molecular weight is 201 g/mol. The highest BCUT2D eigenvalue weighted by Gasteiger charge is 2.07. The fourth-order valence-corrected chi connectivity index (χ4v) is 2.40. The molecule has 2 heterocycles. The highest BCUT2D eigenvalue weighted by molar-refractivity contribution is 7.13. The summed E-state index contributed by atoms with van der Waals surface area (Å²) in [6.45, 7) is 0. The minimum atomic E-state index is 0.351. The maximum absolute atomic E-state index is 9.69.